The summed E-state index contributed by atoms with van der Waals surface area (Å²) in [5.74, 6) is 2.96. The van der Waals surface area contributed by atoms with Crippen molar-refractivity contribution in [2.75, 3.05) is 26.8 Å². The Hall–Kier alpha value is -2.44. The number of ether oxygens (including phenoxy) is 2. The van der Waals surface area contributed by atoms with E-state index in [4.69, 9.17) is 14.0 Å². The highest BCUT2D eigenvalue weighted by Gasteiger charge is 2.30. The minimum atomic E-state index is 0.0556. The smallest absolute Gasteiger partial charge is 0.229 e. The van der Waals surface area contributed by atoms with Gasteiger partial charge < -0.3 is 14.0 Å². The molecule has 140 valence electrons. The van der Waals surface area contributed by atoms with Gasteiger partial charge in [-0.2, -0.15) is 4.98 Å². The summed E-state index contributed by atoms with van der Waals surface area (Å²) >= 11 is 0. The lowest BCUT2D eigenvalue weighted by Crippen LogP contribution is -2.38. The lowest BCUT2D eigenvalue weighted by molar-refractivity contribution is -0.0337. The van der Waals surface area contributed by atoms with Crippen molar-refractivity contribution in [1.82, 2.24) is 15.0 Å². The van der Waals surface area contributed by atoms with Crippen LogP contribution < -0.4 is 4.74 Å². The van der Waals surface area contributed by atoms with Crippen molar-refractivity contribution in [2.24, 2.45) is 0 Å². The summed E-state index contributed by atoms with van der Waals surface area (Å²) < 4.78 is 16.7. The van der Waals surface area contributed by atoms with Crippen molar-refractivity contribution < 1.29 is 14.0 Å². The first-order chi connectivity index (χ1) is 13.3. The highest BCUT2D eigenvalue weighted by Crippen LogP contribution is 2.39. The maximum Gasteiger partial charge on any atom is 0.229 e. The molecule has 5 rings (SSSR count). The average Bonchev–Trinajstić information content (AvgIpc) is 3.47. The minimum absolute atomic E-state index is 0.0556. The van der Waals surface area contributed by atoms with Crippen molar-refractivity contribution in [3.05, 3.63) is 53.7 Å². The normalized spacial score (nSPS) is 20.9. The Balaban J connectivity index is 1.30. The highest BCUT2D eigenvalue weighted by molar-refractivity contribution is 5.84. The van der Waals surface area contributed by atoms with E-state index in [0.717, 1.165) is 30.6 Å². The summed E-state index contributed by atoms with van der Waals surface area (Å²) in [7, 11) is 1.69. The Morgan fingerprint density at radius 3 is 2.85 bits per heavy atom. The van der Waals surface area contributed by atoms with Crippen LogP contribution in [0.4, 0.5) is 0 Å². The van der Waals surface area contributed by atoms with E-state index in [1.54, 1.807) is 7.11 Å². The summed E-state index contributed by atoms with van der Waals surface area (Å²) in [5.41, 5.74) is 1.20. The molecule has 6 nitrogen and oxygen atoms in total. The third-order valence-corrected chi connectivity index (χ3v) is 5.37. The fourth-order valence-corrected chi connectivity index (χ4v) is 3.65. The number of aromatic nitrogens is 2. The van der Waals surface area contributed by atoms with Gasteiger partial charge in [-0.25, -0.2) is 0 Å². The van der Waals surface area contributed by atoms with Gasteiger partial charge in [-0.3, -0.25) is 4.90 Å². The second-order valence-corrected chi connectivity index (χ2v) is 7.39. The number of benzene rings is 2. The molecule has 0 N–H and O–H groups in total. The molecule has 0 radical (unpaired) electrons. The number of methoxy groups -OCH3 is 1. The number of hydrogen-bond donors (Lipinski definition) is 0. The topological polar surface area (TPSA) is 60.6 Å². The van der Waals surface area contributed by atoms with Crippen molar-refractivity contribution in [3.8, 4) is 5.75 Å². The van der Waals surface area contributed by atoms with Crippen LogP contribution in [0.15, 0.2) is 40.9 Å². The van der Waals surface area contributed by atoms with Crippen LogP contribution >= 0.6 is 0 Å². The van der Waals surface area contributed by atoms with Gasteiger partial charge in [-0.05, 0) is 47.4 Å². The van der Waals surface area contributed by atoms with Crippen LogP contribution in [0.1, 0.15) is 42.1 Å². The van der Waals surface area contributed by atoms with E-state index in [2.05, 4.69) is 45.4 Å². The molecule has 2 heterocycles. The fourth-order valence-electron chi connectivity index (χ4n) is 3.65. The molecular weight excluding hydrogens is 342 g/mol. The van der Waals surface area contributed by atoms with Crippen LogP contribution in [0, 0.1) is 0 Å². The van der Waals surface area contributed by atoms with Crippen molar-refractivity contribution >= 4 is 10.8 Å². The molecule has 2 aliphatic rings. The van der Waals surface area contributed by atoms with E-state index < -0.39 is 0 Å². The molecule has 1 aliphatic heterocycles. The van der Waals surface area contributed by atoms with Crippen LogP contribution in [-0.2, 0) is 11.3 Å². The van der Waals surface area contributed by atoms with E-state index in [9.17, 15) is 0 Å². The molecule has 0 amide bonds. The molecule has 6 heteroatoms. The number of rotatable bonds is 5. The van der Waals surface area contributed by atoms with Gasteiger partial charge in [0.05, 0.1) is 26.4 Å². The summed E-state index contributed by atoms with van der Waals surface area (Å²) in [6.45, 7) is 3.13. The van der Waals surface area contributed by atoms with E-state index in [1.165, 1.54) is 29.2 Å². The zero-order valence-electron chi connectivity index (χ0n) is 15.4. The van der Waals surface area contributed by atoms with Crippen LogP contribution in [0.5, 0.6) is 5.75 Å². The first-order valence-electron chi connectivity index (χ1n) is 9.52. The zero-order valence-corrected chi connectivity index (χ0v) is 15.4. The molecule has 1 saturated carbocycles. The molecule has 2 aromatic carbocycles. The molecule has 1 aromatic heterocycles. The Morgan fingerprint density at radius 2 is 2.00 bits per heavy atom. The third-order valence-electron chi connectivity index (χ3n) is 5.37. The predicted octanol–water partition coefficient (Wildman–Crippen LogP) is 3.68. The zero-order chi connectivity index (χ0) is 18.2. The maximum absolute atomic E-state index is 6.05. The SMILES string of the molecule is COc1ccc2cc([C@@H]3CN(Cc4noc(C5CC5)n4)CCO3)ccc2c1. The van der Waals surface area contributed by atoms with E-state index >= 15 is 0 Å². The van der Waals surface area contributed by atoms with Crippen LogP contribution in [0.2, 0.25) is 0 Å². The number of nitrogens with zero attached hydrogens (tertiary/aromatic N) is 3. The molecular formula is C21H23N3O3. The van der Waals surface area contributed by atoms with Gasteiger partial charge >= 0.3 is 0 Å². The highest BCUT2D eigenvalue weighted by atomic mass is 16.5. The first-order valence-corrected chi connectivity index (χ1v) is 9.52. The molecule has 3 aromatic rings. The summed E-state index contributed by atoms with van der Waals surface area (Å²) in [5, 5.41) is 6.51. The quantitative estimate of drug-likeness (QED) is 0.687. The Bertz CT molecular complexity index is 951. The first kappa shape index (κ1) is 16.7. The minimum Gasteiger partial charge on any atom is -0.497 e. The number of morpholine rings is 1. The fraction of sp³-hybridized carbons (Fsp3) is 0.429. The largest absolute Gasteiger partial charge is 0.497 e. The molecule has 0 unspecified atom stereocenters. The molecule has 1 aliphatic carbocycles. The van der Waals surface area contributed by atoms with Crippen molar-refractivity contribution in [2.45, 2.75) is 31.4 Å². The van der Waals surface area contributed by atoms with Crippen molar-refractivity contribution in [1.29, 1.82) is 0 Å². The molecule has 27 heavy (non-hydrogen) atoms. The molecule has 1 saturated heterocycles. The lowest BCUT2D eigenvalue weighted by Gasteiger charge is -2.32. The third kappa shape index (κ3) is 3.55. The summed E-state index contributed by atoms with van der Waals surface area (Å²) in [4.78, 5) is 6.89. The average molecular weight is 365 g/mol. The van der Waals surface area contributed by atoms with Crippen LogP contribution in [0.3, 0.4) is 0 Å². The van der Waals surface area contributed by atoms with Crippen LogP contribution in [0.25, 0.3) is 10.8 Å². The van der Waals surface area contributed by atoms with Gasteiger partial charge in [0.15, 0.2) is 5.82 Å². The number of fused-ring (bicyclic) bond motifs is 1. The molecule has 2 fully saturated rings. The predicted molar refractivity (Wildman–Crippen MR) is 101 cm³/mol. The lowest BCUT2D eigenvalue weighted by atomic mass is 10.0. The molecule has 1 atom stereocenters. The maximum atomic E-state index is 6.05. The monoisotopic (exact) mass is 365 g/mol. The van der Waals surface area contributed by atoms with Crippen molar-refractivity contribution in [3.63, 3.8) is 0 Å². The second kappa shape index (κ2) is 6.94. The van der Waals surface area contributed by atoms with Crippen LogP contribution in [-0.4, -0.2) is 41.8 Å². The Kier molecular flexibility index (Phi) is 4.30. The standard InChI is InChI=1S/C21H23N3O3/c1-25-18-7-6-15-10-17(5-4-16(15)11-18)19-12-24(8-9-26-19)13-20-22-21(27-23-20)14-2-3-14/h4-7,10-11,14,19H,2-3,8-9,12-13H2,1H3/t19-/m0/s1. The Labute approximate surface area is 158 Å². The van der Waals surface area contributed by atoms with E-state index in [1.807, 2.05) is 6.07 Å². The molecule has 0 spiro atoms. The van der Waals surface area contributed by atoms with Gasteiger partial charge in [0.2, 0.25) is 5.89 Å². The van der Waals surface area contributed by atoms with Gasteiger partial charge in [0.1, 0.15) is 5.75 Å². The van der Waals surface area contributed by atoms with Gasteiger partial charge in [-0.15, -0.1) is 0 Å². The summed E-state index contributed by atoms with van der Waals surface area (Å²) in [6.07, 6.45) is 2.41. The number of hydrogen-bond acceptors (Lipinski definition) is 6. The molecule has 0 bridgehead atoms. The van der Waals surface area contributed by atoms with E-state index in [-0.39, 0.29) is 6.10 Å². The Morgan fingerprint density at radius 1 is 1.15 bits per heavy atom. The summed E-state index contributed by atoms with van der Waals surface area (Å²) in [6, 6.07) is 12.6. The van der Waals surface area contributed by atoms with Gasteiger partial charge in [0.25, 0.3) is 0 Å². The van der Waals surface area contributed by atoms with Gasteiger partial charge in [0, 0.05) is 19.0 Å². The van der Waals surface area contributed by atoms with E-state index in [0.29, 0.717) is 19.1 Å². The van der Waals surface area contributed by atoms with Gasteiger partial charge in [-0.1, -0.05) is 23.4 Å². The second-order valence-electron chi connectivity index (χ2n) is 7.39.